The topological polar surface area (TPSA) is 210 Å². The molecule has 2 aromatic heterocycles. The molecule has 10 nitrogen and oxygen atoms in total. The van der Waals surface area contributed by atoms with E-state index < -0.39 is 34.8 Å². The maximum Gasteiger partial charge on any atom is 2.00 e. The predicted molar refractivity (Wildman–Crippen MR) is 68.5 cm³/mol. The number of carboxylic acid groups (broad SMARTS) is 2. The van der Waals surface area contributed by atoms with Crippen molar-refractivity contribution in [3.8, 4) is 11.5 Å². The minimum atomic E-state index is -1.29. The summed E-state index contributed by atoms with van der Waals surface area (Å²) in [6.07, 6.45) is 2.54. The quantitative estimate of drug-likeness (QED) is 0.604. The van der Waals surface area contributed by atoms with Crippen LogP contribution in [0, 0.1) is 0 Å². The summed E-state index contributed by atoms with van der Waals surface area (Å²) in [5.41, 5.74) is -0.856. The Labute approximate surface area is 139 Å². The van der Waals surface area contributed by atoms with Crippen LogP contribution in [0.4, 0.5) is 0 Å². The van der Waals surface area contributed by atoms with Crippen molar-refractivity contribution in [1.82, 2.24) is 9.97 Å². The second-order valence-corrected chi connectivity index (χ2v) is 3.31. The summed E-state index contributed by atoms with van der Waals surface area (Å²) in [5.74, 6) is -3.69. The first-order valence-electron chi connectivity index (χ1n) is 5.14. The van der Waals surface area contributed by atoms with Crippen LogP contribution in [-0.2, 0) is 16.8 Å². The van der Waals surface area contributed by atoms with Gasteiger partial charge in [0.05, 0.1) is 0 Å². The molecule has 0 atom stereocenters. The zero-order valence-electron chi connectivity index (χ0n) is 11.2. The zero-order chi connectivity index (χ0) is 15.1. The Morgan fingerprint density at radius 3 is 1.30 bits per heavy atom. The van der Waals surface area contributed by atoms with Crippen molar-refractivity contribution in [3.05, 3.63) is 48.0 Å². The van der Waals surface area contributed by atoms with E-state index >= 15 is 0 Å². The zero-order valence-corrected chi connectivity index (χ0v) is 12.3. The van der Waals surface area contributed by atoms with Gasteiger partial charge in [-0.05, 0) is 12.1 Å². The summed E-state index contributed by atoms with van der Waals surface area (Å²) in [7, 11) is 0. The number of nitrogens with zero attached hydrogens (tertiary/aromatic N) is 2. The monoisotopic (exact) mass is 371 g/mol. The summed E-state index contributed by atoms with van der Waals surface area (Å²) in [5, 5.41) is 37.8. The second kappa shape index (κ2) is 11.9. The van der Waals surface area contributed by atoms with E-state index in [-0.39, 0.29) is 27.7 Å². The van der Waals surface area contributed by atoms with Gasteiger partial charge in [-0.2, -0.15) is 0 Å². The average Bonchev–Trinajstić information content (AvgIpc) is 2.40. The Hall–Kier alpha value is -2.73. The van der Waals surface area contributed by atoms with E-state index in [0.29, 0.717) is 0 Å². The van der Waals surface area contributed by atoms with Gasteiger partial charge in [0.25, 0.3) is 0 Å². The van der Waals surface area contributed by atoms with Crippen LogP contribution in [0.25, 0.3) is 0 Å². The molecule has 2 aromatic rings. The van der Waals surface area contributed by atoms with Gasteiger partial charge < -0.3 is 31.4 Å². The van der Waals surface area contributed by atoms with E-state index in [9.17, 15) is 19.8 Å². The van der Waals surface area contributed by atoms with E-state index in [1.54, 1.807) is 0 Å². The van der Waals surface area contributed by atoms with Crippen molar-refractivity contribution < 1.29 is 57.7 Å². The number of carbonyl (C=O) groups is 2. The Morgan fingerprint density at radius 2 is 1.13 bits per heavy atom. The van der Waals surface area contributed by atoms with E-state index in [4.69, 9.17) is 10.2 Å². The third-order valence-electron chi connectivity index (χ3n) is 1.95. The SMILES string of the molecule is O.O.O=C(O)c1ncccc1[O-].O=C(O)c1ncccc1[O-].[Co+2]. The molecule has 1 radical (unpaired) electrons. The van der Waals surface area contributed by atoms with Gasteiger partial charge in [0, 0.05) is 12.4 Å². The molecule has 0 amide bonds. The summed E-state index contributed by atoms with van der Waals surface area (Å²) < 4.78 is 0. The molecule has 2 rings (SSSR count). The first-order chi connectivity index (χ1) is 9.43. The van der Waals surface area contributed by atoms with Gasteiger partial charge >= 0.3 is 28.7 Å². The number of aromatic carboxylic acids is 2. The minimum Gasteiger partial charge on any atom is -0.871 e. The van der Waals surface area contributed by atoms with E-state index in [2.05, 4.69) is 9.97 Å². The molecule has 0 fully saturated rings. The molecule has 0 aliphatic carbocycles. The first kappa shape index (κ1) is 25.2. The molecule has 127 valence electrons. The molecule has 0 spiro atoms. The van der Waals surface area contributed by atoms with Gasteiger partial charge in [0.2, 0.25) is 0 Å². The molecule has 11 heteroatoms. The van der Waals surface area contributed by atoms with Crippen LogP contribution in [0.1, 0.15) is 21.0 Å². The molecule has 23 heavy (non-hydrogen) atoms. The van der Waals surface area contributed by atoms with E-state index in [0.717, 1.165) is 12.1 Å². The fourth-order valence-electron chi connectivity index (χ4n) is 1.10. The summed E-state index contributed by atoms with van der Waals surface area (Å²) in [6, 6.07) is 5.12. The number of pyridine rings is 2. The van der Waals surface area contributed by atoms with Crippen molar-refractivity contribution in [2.24, 2.45) is 0 Å². The van der Waals surface area contributed by atoms with Crippen LogP contribution in [0.2, 0.25) is 0 Å². The third-order valence-corrected chi connectivity index (χ3v) is 1.95. The number of aromatic nitrogens is 2. The Balaban J connectivity index is -0.000000308. The van der Waals surface area contributed by atoms with Gasteiger partial charge in [-0.1, -0.05) is 23.6 Å². The number of hydrogen-bond donors (Lipinski definition) is 2. The van der Waals surface area contributed by atoms with E-state index in [1.165, 1.54) is 24.5 Å². The van der Waals surface area contributed by atoms with Crippen LogP contribution in [-0.4, -0.2) is 43.1 Å². The fraction of sp³-hybridized carbons (Fsp3) is 0. The van der Waals surface area contributed by atoms with Crippen molar-refractivity contribution in [1.29, 1.82) is 0 Å². The Kier molecular flexibility index (Phi) is 13.0. The van der Waals surface area contributed by atoms with Gasteiger partial charge in [-0.3, -0.25) is 0 Å². The minimum absolute atomic E-state index is 0. The molecule has 0 saturated heterocycles. The fourth-order valence-corrected chi connectivity index (χ4v) is 1.10. The van der Waals surface area contributed by atoms with Crippen LogP contribution < -0.4 is 10.2 Å². The normalized spacial score (nSPS) is 8.00. The van der Waals surface area contributed by atoms with Gasteiger partial charge in [0.15, 0.2) is 0 Å². The maximum atomic E-state index is 10.6. The largest absolute Gasteiger partial charge is 2.00 e. The summed E-state index contributed by atoms with van der Waals surface area (Å²) in [6.45, 7) is 0. The van der Waals surface area contributed by atoms with Crippen LogP contribution in [0.15, 0.2) is 36.7 Å². The molecule has 0 aliphatic heterocycles. The van der Waals surface area contributed by atoms with E-state index in [1.807, 2.05) is 0 Å². The van der Waals surface area contributed by atoms with Crippen LogP contribution in [0.5, 0.6) is 11.5 Å². The average molecular weight is 371 g/mol. The number of hydrogen-bond acceptors (Lipinski definition) is 6. The smallest absolute Gasteiger partial charge is 0.871 e. The van der Waals surface area contributed by atoms with Crippen molar-refractivity contribution in [2.75, 3.05) is 0 Å². The molecule has 0 aliphatic rings. The standard InChI is InChI=1S/2C6H5NO3.Co.2H2O/c2*8-4-2-1-3-7-5(4)6(9)10;;;/h2*1-3,8H,(H,9,10);;2*1H2/q;;+2;;/p-2. The summed E-state index contributed by atoms with van der Waals surface area (Å²) in [4.78, 5) is 27.0. The first-order valence-corrected chi connectivity index (χ1v) is 5.14. The van der Waals surface area contributed by atoms with Crippen LogP contribution in [0.3, 0.4) is 0 Å². The van der Waals surface area contributed by atoms with Crippen LogP contribution >= 0.6 is 0 Å². The van der Waals surface area contributed by atoms with Gasteiger partial charge in [-0.15, -0.1) is 0 Å². The maximum absolute atomic E-state index is 10.6. The molecule has 2 heterocycles. The molecular weight excluding hydrogens is 359 g/mol. The van der Waals surface area contributed by atoms with Crippen molar-refractivity contribution in [2.45, 2.75) is 0 Å². The Bertz CT molecular complexity index is 582. The molecule has 0 unspecified atom stereocenters. The molecule has 6 N–H and O–H groups in total. The molecular formula is C12H12CoN2O8. The van der Waals surface area contributed by atoms with Crippen molar-refractivity contribution >= 4 is 11.9 Å². The number of carboxylic acids is 2. The van der Waals surface area contributed by atoms with Gasteiger partial charge in [0.1, 0.15) is 11.4 Å². The van der Waals surface area contributed by atoms with Crippen molar-refractivity contribution in [3.63, 3.8) is 0 Å². The predicted octanol–water partition coefficient (Wildman–Crippen LogP) is -1.95. The Morgan fingerprint density at radius 1 is 0.826 bits per heavy atom. The number of rotatable bonds is 2. The third kappa shape index (κ3) is 7.73. The molecule has 0 saturated carbocycles. The van der Waals surface area contributed by atoms with Gasteiger partial charge in [-0.25, -0.2) is 19.6 Å². The summed E-state index contributed by atoms with van der Waals surface area (Å²) >= 11 is 0. The molecule has 0 bridgehead atoms. The second-order valence-electron chi connectivity index (χ2n) is 3.31. The molecule has 0 aromatic carbocycles.